The van der Waals surface area contributed by atoms with Gasteiger partial charge in [-0.1, -0.05) is 0 Å². The molecule has 122 valence electrons. The lowest BCUT2D eigenvalue weighted by Gasteiger charge is -2.21. The van der Waals surface area contributed by atoms with Crippen molar-refractivity contribution in [3.8, 4) is 0 Å². The van der Waals surface area contributed by atoms with Crippen LogP contribution in [0.3, 0.4) is 0 Å². The normalized spacial score (nSPS) is 26.1. The molecule has 0 bridgehead atoms. The van der Waals surface area contributed by atoms with Gasteiger partial charge in [0.1, 0.15) is 5.84 Å². The van der Waals surface area contributed by atoms with E-state index in [-0.39, 0.29) is 23.8 Å². The molecule has 2 rings (SSSR count). The second-order valence-electron chi connectivity index (χ2n) is 6.48. The molecule has 6 heteroatoms. The smallest absolute Gasteiger partial charge is 0.256 e. The molecule has 1 saturated heterocycles. The highest BCUT2D eigenvalue weighted by atomic mass is 16.2. The van der Waals surface area contributed by atoms with Crippen molar-refractivity contribution in [2.75, 3.05) is 13.1 Å². The predicted octanol–water partition coefficient (Wildman–Crippen LogP) is 1.40. The lowest BCUT2D eigenvalue weighted by molar-refractivity contribution is -0.122. The number of carbonyl (C=O) groups excluding carboxylic acids is 2. The number of likely N-dealkylation sites (tertiary alicyclic amines) is 1. The molecule has 6 nitrogen and oxygen atoms in total. The zero-order valence-electron chi connectivity index (χ0n) is 13.9. The summed E-state index contributed by atoms with van der Waals surface area (Å²) in [5.74, 6) is 0.000236. The number of rotatable bonds is 5. The second kappa shape index (κ2) is 7.13. The Labute approximate surface area is 132 Å². The Morgan fingerprint density at radius 2 is 2.09 bits per heavy atom. The molecule has 1 fully saturated rings. The van der Waals surface area contributed by atoms with Gasteiger partial charge in [0.05, 0.1) is 5.92 Å². The van der Waals surface area contributed by atoms with Crippen LogP contribution in [0.1, 0.15) is 47.0 Å². The van der Waals surface area contributed by atoms with Crippen LogP contribution in [0, 0.1) is 5.92 Å². The van der Waals surface area contributed by atoms with E-state index in [2.05, 4.69) is 34.0 Å². The zero-order valence-corrected chi connectivity index (χ0v) is 13.9. The maximum Gasteiger partial charge on any atom is 0.256 e. The summed E-state index contributed by atoms with van der Waals surface area (Å²) in [6.45, 7) is 9.83. The SMILES string of the molecule is CC1=NC(=O)C(CCC(=O)NC2CCN(C(C)C)C2)C(C)=N1. The Hall–Kier alpha value is -1.56. The maximum atomic E-state index is 12.1. The molecule has 0 aliphatic carbocycles. The van der Waals surface area contributed by atoms with Gasteiger partial charge in [-0.25, -0.2) is 4.99 Å². The van der Waals surface area contributed by atoms with Crippen molar-refractivity contribution in [3.63, 3.8) is 0 Å². The van der Waals surface area contributed by atoms with Crippen LogP contribution >= 0.6 is 0 Å². The van der Waals surface area contributed by atoms with Gasteiger partial charge in [-0.05, 0) is 40.5 Å². The number of nitrogens with zero attached hydrogens (tertiary/aromatic N) is 3. The molecule has 0 aromatic carbocycles. The molecule has 0 saturated carbocycles. The van der Waals surface area contributed by atoms with Gasteiger partial charge in [0.25, 0.3) is 5.91 Å². The van der Waals surface area contributed by atoms with E-state index < -0.39 is 0 Å². The van der Waals surface area contributed by atoms with Crippen molar-refractivity contribution < 1.29 is 9.59 Å². The van der Waals surface area contributed by atoms with Gasteiger partial charge in [-0.3, -0.25) is 14.5 Å². The summed E-state index contributed by atoms with van der Waals surface area (Å²) in [4.78, 5) is 34.4. The van der Waals surface area contributed by atoms with E-state index in [0.29, 0.717) is 24.7 Å². The number of hydrogen-bond acceptors (Lipinski definition) is 4. The first-order valence-corrected chi connectivity index (χ1v) is 8.04. The van der Waals surface area contributed by atoms with E-state index in [1.807, 2.05) is 6.92 Å². The third-order valence-corrected chi connectivity index (χ3v) is 4.39. The number of amides is 2. The van der Waals surface area contributed by atoms with Crippen molar-refractivity contribution in [1.82, 2.24) is 10.2 Å². The van der Waals surface area contributed by atoms with E-state index in [9.17, 15) is 9.59 Å². The molecule has 1 N–H and O–H groups in total. The largest absolute Gasteiger partial charge is 0.352 e. The van der Waals surface area contributed by atoms with Gasteiger partial charge in [-0.15, -0.1) is 0 Å². The fourth-order valence-corrected chi connectivity index (χ4v) is 3.06. The number of amidine groups is 1. The molecule has 2 amide bonds. The molecule has 0 aromatic rings. The van der Waals surface area contributed by atoms with Gasteiger partial charge in [0.15, 0.2) is 0 Å². The second-order valence-corrected chi connectivity index (χ2v) is 6.48. The average molecular weight is 306 g/mol. The van der Waals surface area contributed by atoms with E-state index in [1.54, 1.807) is 6.92 Å². The van der Waals surface area contributed by atoms with Crippen molar-refractivity contribution in [3.05, 3.63) is 0 Å². The highest BCUT2D eigenvalue weighted by molar-refractivity contribution is 6.14. The fourth-order valence-electron chi connectivity index (χ4n) is 3.06. The van der Waals surface area contributed by atoms with Crippen LogP contribution in [0.25, 0.3) is 0 Å². The minimum atomic E-state index is -0.342. The topological polar surface area (TPSA) is 74.1 Å². The Balaban J connectivity index is 1.77. The summed E-state index contributed by atoms with van der Waals surface area (Å²) < 4.78 is 0. The Kier molecular flexibility index (Phi) is 5.45. The van der Waals surface area contributed by atoms with Crippen LogP contribution in [0.15, 0.2) is 9.98 Å². The monoisotopic (exact) mass is 306 g/mol. The average Bonchev–Trinajstić information content (AvgIpc) is 2.86. The van der Waals surface area contributed by atoms with Crippen LogP contribution in [-0.4, -0.2) is 53.4 Å². The molecule has 0 radical (unpaired) electrons. The summed E-state index contributed by atoms with van der Waals surface area (Å²) >= 11 is 0. The van der Waals surface area contributed by atoms with Crippen molar-refractivity contribution in [1.29, 1.82) is 0 Å². The van der Waals surface area contributed by atoms with Gasteiger partial charge in [0, 0.05) is 37.3 Å². The van der Waals surface area contributed by atoms with E-state index in [0.717, 1.165) is 25.2 Å². The van der Waals surface area contributed by atoms with Crippen molar-refractivity contribution in [2.24, 2.45) is 15.9 Å². The Morgan fingerprint density at radius 3 is 2.68 bits per heavy atom. The summed E-state index contributed by atoms with van der Waals surface area (Å²) in [5.41, 5.74) is 0.761. The lowest BCUT2D eigenvalue weighted by atomic mass is 9.96. The lowest BCUT2D eigenvalue weighted by Crippen LogP contribution is -2.39. The summed E-state index contributed by atoms with van der Waals surface area (Å²) in [7, 11) is 0. The minimum absolute atomic E-state index is 0.0162. The van der Waals surface area contributed by atoms with Gasteiger partial charge in [0.2, 0.25) is 5.91 Å². The number of carbonyl (C=O) groups is 2. The first-order chi connectivity index (χ1) is 10.4. The molecule has 0 spiro atoms. The maximum absolute atomic E-state index is 12.1. The molecule has 0 aromatic heterocycles. The summed E-state index contributed by atoms with van der Waals surface area (Å²) in [5, 5.41) is 3.07. The quantitative estimate of drug-likeness (QED) is 0.834. The van der Waals surface area contributed by atoms with E-state index in [1.165, 1.54) is 0 Å². The first-order valence-electron chi connectivity index (χ1n) is 8.04. The molecule has 2 atom stereocenters. The molecule has 2 heterocycles. The third-order valence-electron chi connectivity index (χ3n) is 4.39. The first kappa shape index (κ1) is 16.8. The van der Waals surface area contributed by atoms with Crippen molar-refractivity contribution >= 4 is 23.4 Å². The number of nitrogens with one attached hydrogen (secondary N) is 1. The minimum Gasteiger partial charge on any atom is -0.352 e. The number of aliphatic imine (C=N–C) groups is 2. The molecular weight excluding hydrogens is 280 g/mol. The molecule has 2 unspecified atom stereocenters. The van der Waals surface area contributed by atoms with Crippen LogP contribution in [-0.2, 0) is 9.59 Å². The molecule has 2 aliphatic rings. The molecule has 22 heavy (non-hydrogen) atoms. The van der Waals surface area contributed by atoms with Crippen LogP contribution in [0.2, 0.25) is 0 Å². The number of hydrogen-bond donors (Lipinski definition) is 1. The van der Waals surface area contributed by atoms with Crippen LogP contribution in [0.4, 0.5) is 0 Å². The zero-order chi connectivity index (χ0) is 16.3. The highest BCUT2D eigenvalue weighted by Crippen LogP contribution is 2.17. The Bertz CT molecular complexity index is 510. The van der Waals surface area contributed by atoms with Crippen molar-refractivity contribution in [2.45, 2.75) is 59.0 Å². The standard InChI is InChI=1S/C16H26N4O2/c1-10(2)20-8-7-13(9-20)19-15(21)6-5-14-11(3)17-12(4)18-16(14)22/h10,13-14H,5-9H2,1-4H3,(H,19,21). The third kappa shape index (κ3) is 4.22. The van der Waals surface area contributed by atoms with E-state index in [4.69, 9.17) is 0 Å². The summed E-state index contributed by atoms with van der Waals surface area (Å²) in [6, 6.07) is 0.744. The highest BCUT2D eigenvalue weighted by Gasteiger charge is 2.28. The molecule has 2 aliphatic heterocycles. The fraction of sp³-hybridized carbons (Fsp3) is 0.750. The van der Waals surface area contributed by atoms with Gasteiger partial charge < -0.3 is 5.32 Å². The van der Waals surface area contributed by atoms with Crippen LogP contribution < -0.4 is 5.32 Å². The molecular formula is C16H26N4O2. The van der Waals surface area contributed by atoms with Gasteiger partial charge in [-0.2, -0.15) is 4.99 Å². The predicted molar refractivity (Wildman–Crippen MR) is 87.2 cm³/mol. The van der Waals surface area contributed by atoms with E-state index >= 15 is 0 Å². The van der Waals surface area contributed by atoms with Crippen LogP contribution in [0.5, 0.6) is 0 Å². The Morgan fingerprint density at radius 1 is 1.36 bits per heavy atom. The summed E-state index contributed by atoms with van der Waals surface area (Å²) in [6.07, 6.45) is 1.82. The van der Waals surface area contributed by atoms with Gasteiger partial charge >= 0.3 is 0 Å².